The Hall–Kier alpha value is -3.11. The van der Waals surface area contributed by atoms with Crippen LogP contribution in [0.4, 0.5) is 5.69 Å². The number of carboxylic acids is 1. The Kier molecular flexibility index (Phi) is 7.18. The number of ether oxygens (including phenoxy) is 3. The van der Waals surface area contributed by atoms with Gasteiger partial charge in [0.25, 0.3) is 10.0 Å². The molecular formula is C19H21NO8S. The van der Waals surface area contributed by atoms with Crippen molar-refractivity contribution in [3.8, 4) is 11.5 Å². The highest BCUT2D eigenvalue weighted by Crippen LogP contribution is 2.34. The summed E-state index contributed by atoms with van der Waals surface area (Å²) in [6, 6.07) is 7.81. The highest BCUT2D eigenvalue weighted by Gasteiger charge is 2.22. The monoisotopic (exact) mass is 423 g/mol. The average molecular weight is 423 g/mol. The fraction of sp³-hybridized carbons (Fsp3) is 0.263. The quantitative estimate of drug-likeness (QED) is 0.440. The molecule has 0 saturated carbocycles. The molecule has 9 nitrogen and oxygen atoms in total. The number of hydrogen-bond donors (Lipinski definition) is 2. The van der Waals surface area contributed by atoms with Crippen molar-refractivity contribution < 1.29 is 37.3 Å². The van der Waals surface area contributed by atoms with Gasteiger partial charge in [0.2, 0.25) is 0 Å². The van der Waals surface area contributed by atoms with Crippen molar-refractivity contribution in [2.75, 3.05) is 32.2 Å². The molecule has 0 spiro atoms. The number of aromatic carboxylic acids is 1. The fourth-order valence-electron chi connectivity index (χ4n) is 2.41. The Morgan fingerprint density at radius 2 is 1.79 bits per heavy atom. The molecule has 0 aliphatic rings. The third-order valence-electron chi connectivity index (χ3n) is 3.87. The number of nitrogens with one attached hydrogen (secondary N) is 1. The zero-order valence-electron chi connectivity index (χ0n) is 16.1. The van der Waals surface area contributed by atoms with Gasteiger partial charge < -0.3 is 19.3 Å². The maximum absolute atomic E-state index is 12.8. The van der Waals surface area contributed by atoms with Gasteiger partial charge in [0.05, 0.1) is 29.9 Å². The summed E-state index contributed by atoms with van der Waals surface area (Å²) in [5, 5.41) is 9.48. The Labute approximate surface area is 168 Å². The van der Waals surface area contributed by atoms with Crippen molar-refractivity contribution in [1.29, 1.82) is 0 Å². The minimum atomic E-state index is -4.17. The van der Waals surface area contributed by atoms with Crippen LogP contribution in [0, 0.1) is 0 Å². The van der Waals surface area contributed by atoms with Gasteiger partial charge in [-0.1, -0.05) is 12.1 Å². The molecule has 0 radical (unpaired) electrons. The molecule has 0 heterocycles. The van der Waals surface area contributed by atoms with E-state index in [2.05, 4.69) is 4.72 Å². The number of carbonyl (C=O) groups excluding carboxylic acids is 1. The van der Waals surface area contributed by atoms with E-state index in [0.717, 1.165) is 6.07 Å². The van der Waals surface area contributed by atoms with Crippen molar-refractivity contribution >= 4 is 27.5 Å². The van der Waals surface area contributed by atoms with E-state index in [1.165, 1.54) is 51.5 Å². The summed E-state index contributed by atoms with van der Waals surface area (Å²) in [4.78, 5) is 23.0. The first-order valence-electron chi connectivity index (χ1n) is 8.40. The van der Waals surface area contributed by atoms with E-state index in [4.69, 9.17) is 14.2 Å². The normalized spacial score (nSPS) is 11.0. The van der Waals surface area contributed by atoms with Crippen LogP contribution in [0.3, 0.4) is 0 Å². The summed E-state index contributed by atoms with van der Waals surface area (Å²) in [7, 11) is -1.35. The first-order valence-corrected chi connectivity index (χ1v) is 9.88. The number of hydrogen-bond acceptors (Lipinski definition) is 7. The number of sulfonamides is 1. The van der Waals surface area contributed by atoms with Crippen molar-refractivity contribution in [2.24, 2.45) is 0 Å². The van der Waals surface area contributed by atoms with Crippen LogP contribution >= 0.6 is 0 Å². The number of rotatable bonds is 10. The van der Waals surface area contributed by atoms with Crippen LogP contribution < -0.4 is 14.2 Å². The number of benzene rings is 2. The van der Waals surface area contributed by atoms with E-state index in [9.17, 15) is 23.1 Å². The zero-order valence-corrected chi connectivity index (χ0v) is 16.9. The molecular weight excluding hydrogens is 402 g/mol. The topological polar surface area (TPSA) is 128 Å². The number of methoxy groups -OCH3 is 2. The van der Waals surface area contributed by atoms with Gasteiger partial charge >= 0.3 is 5.97 Å². The van der Waals surface area contributed by atoms with Crippen LogP contribution in [0.15, 0.2) is 41.3 Å². The molecule has 10 heteroatoms. The summed E-state index contributed by atoms with van der Waals surface area (Å²) in [6.07, 6.45) is 0. The number of Topliss-reactive ketones (excluding diaryl/α,β-unsaturated/α-hetero) is 1. The molecule has 29 heavy (non-hydrogen) atoms. The molecule has 0 aromatic heterocycles. The van der Waals surface area contributed by atoms with Gasteiger partial charge in [-0.25, -0.2) is 13.2 Å². The van der Waals surface area contributed by atoms with Crippen LogP contribution in [-0.4, -0.2) is 52.7 Å². The number of carboxylic acid groups (broad SMARTS) is 1. The van der Waals surface area contributed by atoms with E-state index < -0.39 is 16.0 Å². The van der Waals surface area contributed by atoms with Crippen LogP contribution in [0.2, 0.25) is 0 Å². The van der Waals surface area contributed by atoms with Gasteiger partial charge in [0, 0.05) is 24.8 Å². The van der Waals surface area contributed by atoms with Gasteiger partial charge in [0.15, 0.2) is 17.3 Å². The lowest BCUT2D eigenvalue weighted by atomic mass is 10.1. The molecule has 0 aliphatic heterocycles. The lowest BCUT2D eigenvalue weighted by Gasteiger charge is -2.16. The van der Waals surface area contributed by atoms with E-state index >= 15 is 0 Å². The Bertz CT molecular complexity index is 1020. The van der Waals surface area contributed by atoms with E-state index in [-0.39, 0.29) is 52.2 Å². The minimum absolute atomic E-state index is 0.125. The molecule has 0 saturated heterocycles. The Morgan fingerprint density at radius 1 is 1.07 bits per heavy atom. The second-order valence-electron chi connectivity index (χ2n) is 5.88. The third kappa shape index (κ3) is 5.46. The van der Waals surface area contributed by atoms with Crippen molar-refractivity contribution in [3.05, 3.63) is 47.5 Å². The van der Waals surface area contributed by atoms with E-state index in [0.29, 0.717) is 0 Å². The van der Waals surface area contributed by atoms with Crippen LogP contribution in [-0.2, 0) is 14.8 Å². The second-order valence-corrected chi connectivity index (χ2v) is 7.57. The largest absolute Gasteiger partial charge is 0.493 e. The molecule has 0 unspecified atom stereocenters. The molecule has 0 fully saturated rings. The van der Waals surface area contributed by atoms with Gasteiger partial charge in [-0.15, -0.1) is 0 Å². The van der Waals surface area contributed by atoms with Gasteiger partial charge in [0.1, 0.15) is 6.61 Å². The smallest absolute Gasteiger partial charge is 0.337 e. The third-order valence-corrected chi connectivity index (χ3v) is 5.24. The molecule has 0 amide bonds. The Balaban J connectivity index is 2.48. The predicted octanol–water partition coefficient (Wildman–Crippen LogP) is 2.42. The predicted molar refractivity (Wildman–Crippen MR) is 105 cm³/mol. The summed E-state index contributed by atoms with van der Waals surface area (Å²) in [5.74, 6) is -1.39. The first-order chi connectivity index (χ1) is 13.7. The molecule has 2 aromatic rings. The van der Waals surface area contributed by atoms with Gasteiger partial charge in [-0.3, -0.25) is 9.52 Å². The van der Waals surface area contributed by atoms with Gasteiger partial charge in [-0.2, -0.15) is 0 Å². The highest BCUT2D eigenvalue weighted by atomic mass is 32.2. The maximum Gasteiger partial charge on any atom is 0.337 e. The molecule has 0 atom stereocenters. The van der Waals surface area contributed by atoms with Crippen LogP contribution in [0.5, 0.6) is 11.5 Å². The molecule has 156 valence electrons. The van der Waals surface area contributed by atoms with Crippen LogP contribution in [0.25, 0.3) is 0 Å². The van der Waals surface area contributed by atoms with Crippen molar-refractivity contribution in [2.45, 2.75) is 11.8 Å². The number of ketones is 1. The SMILES string of the molecule is COCCOc1cc(NS(=O)(=O)c2cccc(C(C)=O)c2)c(C(=O)O)cc1OC. The molecule has 2 N–H and O–H groups in total. The molecule has 2 rings (SSSR count). The number of carbonyl (C=O) groups is 2. The molecule has 0 bridgehead atoms. The lowest BCUT2D eigenvalue weighted by Crippen LogP contribution is -2.16. The van der Waals surface area contributed by atoms with Gasteiger partial charge in [-0.05, 0) is 19.1 Å². The number of anilines is 1. The summed E-state index contributed by atoms with van der Waals surface area (Å²) >= 11 is 0. The highest BCUT2D eigenvalue weighted by molar-refractivity contribution is 7.92. The lowest BCUT2D eigenvalue weighted by molar-refractivity contribution is 0.0697. The first kappa shape index (κ1) is 22.2. The summed E-state index contributed by atoms with van der Waals surface area (Å²) < 4.78 is 43.3. The average Bonchev–Trinajstić information content (AvgIpc) is 2.68. The second kappa shape index (κ2) is 9.39. The summed E-state index contributed by atoms with van der Waals surface area (Å²) in [6.45, 7) is 1.73. The molecule has 0 aliphatic carbocycles. The minimum Gasteiger partial charge on any atom is -0.493 e. The van der Waals surface area contributed by atoms with Crippen LogP contribution in [0.1, 0.15) is 27.6 Å². The van der Waals surface area contributed by atoms with E-state index in [1.807, 2.05) is 0 Å². The zero-order chi connectivity index (χ0) is 21.6. The van der Waals surface area contributed by atoms with E-state index in [1.54, 1.807) is 0 Å². The molecule has 2 aromatic carbocycles. The summed E-state index contributed by atoms with van der Waals surface area (Å²) in [5.41, 5.74) is -0.323. The standard InChI is InChI=1S/C19H21NO8S/c1-12(21)13-5-4-6-14(9-13)29(24,25)20-16-11-18(28-8-7-26-2)17(27-3)10-15(16)19(22)23/h4-6,9-11,20H,7-8H2,1-3H3,(H,22,23). The van der Waals surface area contributed by atoms with Crippen molar-refractivity contribution in [3.63, 3.8) is 0 Å². The van der Waals surface area contributed by atoms with Crippen molar-refractivity contribution in [1.82, 2.24) is 0 Å². The maximum atomic E-state index is 12.8. The fourth-order valence-corrected chi connectivity index (χ4v) is 3.53. The Morgan fingerprint density at radius 3 is 2.38 bits per heavy atom.